The van der Waals surface area contributed by atoms with Crippen molar-refractivity contribution < 1.29 is 19.2 Å². The van der Waals surface area contributed by atoms with Crippen molar-refractivity contribution in [2.24, 2.45) is 0 Å². The van der Waals surface area contributed by atoms with Crippen LogP contribution in [0, 0.1) is 0 Å². The third-order valence-corrected chi connectivity index (χ3v) is 4.56. The molecule has 25 heavy (non-hydrogen) atoms. The number of piperidine rings is 1. The minimum atomic E-state index is -0.665. The van der Waals surface area contributed by atoms with Crippen molar-refractivity contribution in [1.29, 1.82) is 0 Å². The van der Waals surface area contributed by atoms with Crippen molar-refractivity contribution in [2.75, 3.05) is 18.9 Å². The number of fused-ring (bicyclic) bond motifs is 1. The first-order valence-electron chi connectivity index (χ1n) is 7.80. The highest BCUT2D eigenvalue weighted by atomic mass is 127. The molecular formula is C16H17IN4O4. The van der Waals surface area contributed by atoms with Crippen molar-refractivity contribution >= 4 is 52.2 Å². The highest BCUT2D eigenvalue weighted by molar-refractivity contribution is 14.1. The maximum Gasteiger partial charge on any atom is 0.255 e. The molecule has 1 aromatic carbocycles. The molecule has 2 aliphatic heterocycles. The van der Waals surface area contributed by atoms with E-state index in [0.717, 1.165) is 0 Å². The molecular weight excluding hydrogens is 439 g/mol. The molecule has 0 aliphatic carbocycles. The monoisotopic (exact) mass is 456 g/mol. The van der Waals surface area contributed by atoms with Gasteiger partial charge < -0.3 is 10.2 Å². The standard InChI is InChI=1S/C16H17IN4O4/c1-20(17)8-14(23)18-11-4-2-3-9-10(11)7-21(16(9)25)12-5-6-13(22)19-15(12)24/h2-4,12H,5-8H2,1H3,(H,18,23)(H,19,22,24). The number of carbonyl (C=O) groups excluding carboxylic acids is 4. The minimum absolute atomic E-state index is 0.183. The number of halogens is 1. The zero-order chi connectivity index (χ0) is 18.1. The maximum atomic E-state index is 12.7. The van der Waals surface area contributed by atoms with Crippen molar-refractivity contribution in [1.82, 2.24) is 13.3 Å². The molecule has 2 N–H and O–H groups in total. The van der Waals surface area contributed by atoms with Crippen molar-refractivity contribution in [3.63, 3.8) is 0 Å². The Hall–Kier alpha value is -2.01. The molecule has 132 valence electrons. The third kappa shape index (κ3) is 3.66. The van der Waals surface area contributed by atoms with Crippen LogP contribution < -0.4 is 10.6 Å². The highest BCUT2D eigenvalue weighted by Gasteiger charge is 2.39. The fourth-order valence-electron chi connectivity index (χ4n) is 3.09. The Labute approximate surface area is 158 Å². The molecule has 1 aromatic rings. The fourth-order valence-corrected chi connectivity index (χ4v) is 3.40. The molecule has 1 fully saturated rings. The molecule has 0 saturated carbocycles. The molecule has 0 aromatic heterocycles. The number of hydrogen-bond acceptors (Lipinski definition) is 5. The van der Waals surface area contributed by atoms with E-state index in [1.807, 2.05) is 22.9 Å². The molecule has 4 amide bonds. The Morgan fingerprint density at radius 3 is 2.84 bits per heavy atom. The summed E-state index contributed by atoms with van der Waals surface area (Å²) in [5.41, 5.74) is 1.75. The second kappa shape index (κ2) is 7.08. The number of amides is 4. The molecule has 8 nitrogen and oxygen atoms in total. The van der Waals surface area contributed by atoms with Crippen LogP contribution in [0.15, 0.2) is 18.2 Å². The molecule has 9 heteroatoms. The number of rotatable bonds is 4. The Bertz CT molecular complexity index is 765. The van der Waals surface area contributed by atoms with Gasteiger partial charge in [0.05, 0.1) is 6.54 Å². The maximum absolute atomic E-state index is 12.7. The quantitative estimate of drug-likeness (QED) is 0.395. The van der Waals surface area contributed by atoms with E-state index in [1.54, 1.807) is 28.4 Å². The zero-order valence-corrected chi connectivity index (χ0v) is 15.7. The molecule has 0 spiro atoms. The summed E-state index contributed by atoms with van der Waals surface area (Å²) in [6.45, 7) is 0.450. The lowest BCUT2D eigenvalue weighted by Gasteiger charge is -2.29. The molecule has 1 atom stereocenters. The average molecular weight is 456 g/mol. The van der Waals surface area contributed by atoms with Crippen molar-refractivity contribution in [3.8, 4) is 0 Å². The van der Waals surface area contributed by atoms with Gasteiger partial charge in [0.1, 0.15) is 6.04 Å². The lowest BCUT2D eigenvalue weighted by molar-refractivity contribution is -0.137. The van der Waals surface area contributed by atoms with E-state index in [9.17, 15) is 19.2 Å². The number of hydrogen-bond donors (Lipinski definition) is 2. The third-order valence-electron chi connectivity index (χ3n) is 4.22. The van der Waals surface area contributed by atoms with Crippen LogP contribution >= 0.6 is 22.9 Å². The van der Waals surface area contributed by atoms with Crippen molar-refractivity contribution in [2.45, 2.75) is 25.4 Å². The molecule has 1 unspecified atom stereocenters. The second-order valence-corrected chi connectivity index (χ2v) is 7.69. The number of carbonyl (C=O) groups is 4. The van der Waals surface area contributed by atoms with Gasteiger partial charge in [-0.05, 0) is 25.6 Å². The predicted octanol–water partition coefficient (Wildman–Crippen LogP) is 0.668. The van der Waals surface area contributed by atoms with E-state index >= 15 is 0 Å². The van der Waals surface area contributed by atoms with E-state index in [1.165, 1.54) is 4.90 Å². The summed E-state index contributed by atoms with van der Waals surface area (Å²) in [6.07, 6.45) is 0.522. The van der Waals surface area contributed by atoms with Crippen LogP contribution in [-0.4, -0.2) is 51.3 Å². The molecule has 0 bridgehead atoms. The average Bonchev–Trinajstić information content (AvgIpc) is 2.85. The largest absolute Gasteiger partial charge is 0.325 e. The van der Waals surface area contributed by atoms with Crippen LogP contribution in [0.4, 0.5) is 5.69 Å². The minimum Gasteiger partial charge on any atom is -0.325 e. The Balaban J connectivity index is 1.81. The molecule has 1 saturated heterocycles. The van der Waals surface area contributed by atoms with E-state index in [4.69, 9.17) is 0 Å². The summed E-state index contributed by atoms with van der Waals surface area (Å²) in [6, 6.07) is 4.46. The molecule has 3 rings (SSSR count). The summed E-state index contributed by atoms with van der Waals surface area (Å²) >= 11 is 2.02. The van der Waals surface area contributed by atoms with Crippen LogP contribution in [0.5, 0.6) is 0 Å². The van der Waals surface area contributed by atoms with Crippen LogP contribution in [0.1, 0.15) is 28.8 Å². The summed E-state index contributed by atoms with van der Waals surface area (Å²) in [5.74, 6) is -1.21. The van der Waals surface area contributed by atoms with E-state index in [0.29, 0.717) is 23.2 Å². The van der Waals surface area contributed by atoms with Gasteiger partial charge in [-0.25, -0.2) is 3.11 Å². The lowest BCUT2D eigenvalue weighted by Crippen LogP contribution is -2.52. The van der Waals surface area contributed by atoms with Crippen LogP contribution in [0.3, 0.4) is 0 Å². The van der Waals surface area contributed by atoms with E-state index in [-0.39, 0.29) is 37.2 Å². The first-order chi connectivity index (χ1) is 11.9. The van der Waals surface area contributed by atoms with Gasteiger partial charge in [-0.2, -0.15) is 0 Å². The second-order valence-electron chi connectivity index (χ2n) is 6.04. The van der Waals surface area contributed by atoms with Crippen LogP contribution in [-0.2, 0) is 20.9 Å². The molecule has 2 heterocycles. The van der Waals surface area contributed by atoms with Crippen LogP contribution in [0.2, 0.25) is 0 Å². The van der Waals surface area contributed by atoms with Gasteiger partial charge in [0, 0.05) is 52.6 Å². The summed E-state index contributed by atoms with van der Waals surface area (Å²) in [5, 5.41) is 5.09. The Kier molecular flexibility index (Phi) is 5.04. The SMILES string of the molecule is CN(I)CC(=O)Nc1cccc2c1CN(C1CCC(=O)NC1=O)C2=O. The Morgan fingerprint density at radius 1 is 1.40 bits per heavy atom. The topological polar surface area (TPSA) is 98.8 Å². The van der Waals surface area contributed by atoms with Gasteiger partial charge in [-0.3, -0.25) is 24.5 Å². The summed E-state index contributed by atoms with van der Waals surface area (Å²) < 4.78 is 1.72. The zero-order valence-electron chi connectivity index (χ0n) is 13.5. The number of benzene rings is 1. The number of nitrogens with zero attached hydrogens (tertiary/aromatic N) is 2. The summed E-state index contributed by atoms with van der Waals surface area (Å²) in [7, 11) is 1.78. The highest BCUT2D eigenvalue weighted by Crippen LogP contribution is 2.32. The van der Waals surface area contributed by atoms with Gasteiger partial charge in [-0.1, -0.05) is 6.07 Å². The number of nitrogens with one attached hydrogen (secondary N) is 2. The number of anilines is 1. The van der Waals surface area contributed by atoms with E-state index in [2.05, 4.69) is 10.6 Å². The normalized spacial score (nSPS) is 19.9. The van der Waals surface area contributed by atoms with Gasteiger partial charge in [-0.15, -0.1) is 0 Å². The van der Waals surface area contributed by atoms with E-state index < -0.39 is 11.9 Å². The smallest absolute Gasteiger partial charge is 0.255 e. The number of likely N-dealkylation sites (N-methyl/N-ethyl adjacent to an activating group) is 1. The lowest BCUT2D eigenvalue weighted by atomic mass is 10.0. The molecule has 2 aliphatic rings. The first kappa shape index (κ1) is 17.8. The Morgan fingerprint density at radius 2 is 2.16 bits per heavy atom. The summed E-state index contributed by atoms with van der Waals surface area (Å²) in [4.78, 5) is 49.5. The van der Waals surface area contributed by atoms with Crippen LogP contribution in [0.25, 0.3) is 0 Å². The predicted molar refractivity (Wildman–Crippen MR) is 97.8 cm³/mol. The van der Waals surface area contributed by atoms with Gasteiger partial charge in [0.15, 0.2) is 0 Å². The number of imide groups is 1. The van der Waals surface area contributed by atoms with Gasteiger partial charge in [0.2, 0.25) is 17.7 Å². The molecule has 0 radical (unpaired) electrons. The fraction of sp³-hybridized carbons (Fsp3) is 0.375. The van der Waals surface area contributed by atoms with Gasteiger partial charge >= 0.3 is 0 Å². The van der Waals surface area contributed by atoms with Gasteiger partial charge in [0.25, 0.3) is 5.91 Å². The van der Waals surface area contributed by atoms with Crippen molar-refractivity contribution in [3.05, 3.63) is 29.3 Å². The first-order valence-corrected chi connectivity index (χ1v) is 8.76.